The van der Waals surface area contributed by atoms with E-state index in [0.29, 0.717) is 111 Å². The Kier molecular flexibility index (Phi) is 22.0. The van der Waals surface area contributed by atoms with Crippen LogP contribution >= 0.6 is 0 Å². The van der Waals surface area contributed by atoms with Gasteiger partial charge < -0.3 is 87.2 Å². The molecule has 4 aromatic carbocycles. The van der Waals surface area contributed by atoms with Crippen LogP contribution in [0.3, 0.4) is 0 Å². The summed E-state index contributed by atoms with van der Waals surface area (Å²) < 4.78 is 59.2. The molecule has 29 nitrogen and oxygen atoms in total. The average Bonchev–Trinajstić information content (AvgIpc) is 1.68. The number of nitrogens with zero attached hydrogens (tertiary/aromatic N) is 10. The molecule has 0 saturated heterocycles. The number of aromatic nitrogens is 7. The molecule has 4 amide bonds. The molecule has 8 aromatic rings. The molecule has 1 aliphatic carbocycles. The fourth-order valence-electron chi connectivity index (χ4n) is 11.7. The standard InChI is InChI=1S/C68H77N13O16/c1-42-50(40-96-67(86)76(2)20-21-77(3)68(87)97-45-15-16-51-48(34-45)46-17-19-80-65(61(46)73-51)78(4)54-14-9-8-13-47(54)66(80)85)60-62(55(82)37-58(90-7)63(60)84)81(42)39-59(83)69-18-23-91-27-29-93-30-28-92-24-22-79-38-53(74-75-79)43-11-10-12-44(33-43)72-64-49-35-56(94-31-25-88-5)57(95-32-26-89-6)36-52(49)70-41-71-64/h8-16,33-38,41,65,73H,17-32,39-40H2,1-7H3,(H,69,83)(H,70,71,72)/t65-/m0/s1. The van der Waals surface area contributed by atoms with Gasteiger partial charge >= 0.3 is 12.2 Å². The highest BCUT2D eigenvalue weighted by Crippen LogP contribution is 2.44. The lowest BCUT2D eigenvalue weighted by molar-refractivity contribution is -0.122. The summed E-state index contributed by atoms with van der Waals surface area (Å²) in [5.41, 5.74) is 7.81. The second-order valence-electron chi connectivity index (χ2n) is 23.0. The summed E-state index contributed by atoms with van der Waals surface area (Å²) in [4.78, 5) is 100. The monoisotopic (exact) mass is 1330 g/mol. The van der Waals surface area contributed by atoms with Crippen LogP contribution in [0.1, 0.15) is 59.9 Å². The summed E-state index contributed by atoms with van der Waals surface area (Å²) in [6.07, 6.45) is 3.27. The van der Waals surface area contributed by atoms with E-state index in [1.54, 1.807) is 38.9 Å². The average molecular weight is 1330 g/mol. The first-order valence-corrected chi connectivity index (χ1v) is 31.6. The number of methoxy groups -OCH3 is 3. The Bertz CT molecular complexity index is 4240. The number of anilines is 3. The number of amides is 4. The highest BCUT2D eigenvalue weighted by atomic mass is 16.6. The first kappa shape index (κ1) is 67.9. The highest BCUT2D eigenvalue weighted by Gasteiger charge is 2.42. The van der Waals surface area contributed by atoms with Crippen molar-refractivity contribution < 1.29 is 76.1 Å². The zero-order valence-electron chi connectivity index (χ0n) is 55.0. The number of nitrogens with one attached hydrogen (secondary N) is 3. The third-order valence-corrected chi connectivity index (χ3v) is 16.8. The number of hydrogen-bond donors (Lipinski definition) is 3. The molecular formula is C68H77N13O16. The number of allylic oxidation sites excluding steroid dienone is 2. The quantitative estimate of drug-likeness (QED) is 0.0361. The minimum Gasteiger partial charge on any atom is -0.492 e. The molecule has 2 aliphatic heterocycles. The molecule has 97 heavy (non-hydrogen) atoms. The number of carbonyl (C=O) groups excluding carboxylic acids is 6. The molecule has 1 atom stereocenters. The first-order valence-electron chi connectivity index (χ1n) is 31.6. The molecule has 0 unspecified atom stereocenters. The van der Waals surface area contributed by atoms with Gasteiger partial charge in [0, 0.05) is 112 Å². The molecule has 0 saturated carbocycles. The van der Waals surface area contributed by atoms with Crippen LogP contribution in [0.15, 0.2) is 103 Å². The molecule has 6 heterocycles. The van der Waals surface area contributed by atoms with Gasteiger partial charge in [-0.1, -0.05) is 29.5 Å². The lowest BCUT2D eigenvalue weighted by Crippen LogP contribution is -2.51. The molecule has 29 heteroatoms. The van der Waals surface area contributed by atoms with Gasteiger partial charge in [0.2, 0.25) is 17.5 Å². The summed E-state index contributed by atoms with van der Waals surface area (Å²) in [6.45, 7) is 5.36. The predicted molar refractivity (Wildman–Crippen MR) is 354 cm³/mol. The fraction of sp³-hybridized carbons (Fsp3) is 0.382. The van der Waals surface area contributed by atoms with Crippen LogP contribution in [0.25, 0.3) is 33.1 Å². The number of ether oxygens (including phenoxy) is 10. The van der Waals surface area contributed by atoms with E-state index in [9.17, 15) is 28.8 Å². The van der Waals surface area contributed by atoms with E-state index in [1.807, 2.05) is 90.9 Å². The normalized spacial score (nSPS) is 14.0. The van der Waals surface area contributed by atoms with Gasteiger partial charge in [0.1, 0.15) is 61.8 Å². The first-order chi connectivity index (χ1) is 47.1. The minimum atomic E-state index is -0.772. The van der Waals surface area contributed by atoms with Crippen molar-refractivity contribution in [3.63, 3.8) is 0 Å². The number of benzene rings is 4. The topological polar surface area (TPSA) is 309 Å². The van der Waals surface area contributed by atoms with Crippen LogP contribution in [0.5, 0.6) is 17.2 Å². The van der Waals surface area contributed by atoms with Crippen molar-refractivity contribution in [3.8, 4) is 28.5 Å². The maximum absolute atomic E-state index is 13.7. The number of carbonyl (C=O) groups is 6. The van der Waals surface area contributed by atoms with E-state index in [0.717, 1.165) is 50.6 Å². The van der Waals surface area contributed by atoms with Gasteiger partial charge in [-0.3, -0.25) is 19.2 Å². The van der Waals surface area contributed by atoms with E-state index in [4.69, 9.17) is 47.4 Å². The third kappa shape index (κ3) is 15.5. The highest BCUT2D eigenvalue weighted by molar-refractivity contribution is 6.24. The van der Waals surface area contributed by atoms with Crippen molar-refractivity contribution in [2.24, 2.45) is 0 Å². The van der Waals surface area contributed by atoms with Gasteiger partial charge in [0.15, 0.2) is 17.3 Å². The number of Topliss-reactive ketones (excluding diaryl/α,β-unsaturated/α-hetero) is 1. The fourth-order valence-corrected chi connectivity index (χ4v) is 11.7. The van der Waals surface area contributed by atoms with Gasteiger partial charge in [0.25, 0.3) is 5.91 Å². The Morgan fingerprint density at radius 2 is 1.51 bits per heavy atom. The van der Waals surface area contributed by atoms with E-state index >= 15 is 0 Å². The number of hydrogen-bond acceptors (Lipinski definition) is 22. The van der Waals surface area contributed by atoms with Crippen molar-refractivity contribution in [3.05, 3.63) is 143 Å². The van der Waals surface area contributed by atoms with Crippen LogP contribution in [0.2, 0.25) is 0 Å². The van der Waals surface area contributed by atoms with Crippen LogP contribution < -0.4 is 29.7 Å². The smallest absolute Gasteiger partial charge is 0.415 e. The lowest BCUT2D eigenvalue weighted by atomic mass is 9.96. The molecule has 4 aromatic heterocycles. The van der Waals surface area contributed by atoms with Crippen LogP contribution in [0, 0.1) is 6.92 Å². The number of para-hydroxylation sites is 1. The Labute approximate surface area is 558 Å². The molecule has 0 fully saturated rings. The van der Waals surface area contributed by atoms with Crippen LogP contribution in [0.4, 0.5) is 26.8 Å². The van der Waals surface area contributed by atoms with Gasteiger partial charge in [0.05, 0.1) is 101 Å². The molecule has 3 aliphatic rings. The molecular weight excluding hydrogens is 1250 g/mol. The lowest BCUT2D eigenvalue weighted by Gasteiger charge is -2.46. The van der Waals surface area contributed by atoms with E-state index in [-0.39, 0.29) is 80.7 Å². The van der Waals surface area contributed by atoms with E-state index in [1.165, 1.54) is 34.9 Å². The summed E-state index contributed by atoms with van der Waals surface area (Å²) >= 11 is 0. The Morgan fingerprint density at radius 1 is 0.773 bits per heavy atom. The summed E-state index contributed by atoms with van der Waals surface area (Å²) in [5, 5.41) is 16.5. The number of aromatic amines is 1. The maximum Gasteiger partial charge on any atom is 0.415 e. The minimum absolute atomic E-state index is 0.0177. The van der Waals surface area contributed by atoms with Crippen LogP contribution in [-0.4, -0.2) is 220 Å². The second-order valence-corrected chi connectivity index (χ2v) is 23.0. The van der Waals surface area contributed by atoms with Crippen molar-refractivity contribution in [1.29, 1.82) is 0 Å². The van der Waals surface area contributed by atoms with Gasteiger partial charge in [-0.25, -0.2) is 24.2 Å². The molecule has 0 spiro atoms. The van der Waals surface area contributed by atoms with Crippen molar-refractivity contribution in [2.45, 2.75) is 39.2 Å². The number of rotatable bonds is 32. The number of likely N-dealkylation sites (N-methyl/N-ethyl adjacent to an activating group) is 2. The Morgan fingerprint density at radius 3 is 2.27 bits per heavy atom. The zero-order chi connectivity index (χ0) is 68.1. The van der Waals surface area contributed by atoms with Crippen molar-refractivity contribution >= 4 is 74.6 Å². The molecule has 3 N–H and O–H groups in total. The van der Waals surface area contributed by atoms with Gasteiger partial charge in [-0.15, -0.1) is 5.10 Å². The van der Waals surface area contributed by atoms with Crippen molar-refractivity contribution in [2.75, 3.05) is 145 Å². The molecule has 0 bridgehead atoms. The largest absolute Gasteiger partial charge is 0.492 e. The summed E-state index contributed by atoms with van der Waals surface area (Å²) in [6, 6.07) is 24.3. The van der Waals surface area contributed by atoms with E-state index < -0.39 is 36.3 Å². The molecule has 510 valence electrons. The number of ketones is 2. The Balaban J connectivity index is 0.582. The molecule has 11 rings (SSSR count). The van der Waals surface area contributed by atoms with Gasteiger partial charge in [-0.05, 0) is 67.4 Å². The van der Waals surface area contributed by atoms with Crippen molar-refractivity contribution in [1.82, 2.24) is 54.5 Å². The maximum atomic E-state index is 13.7. The number of H-pyrrole nitrogens is 1. The SMILES string of the molecule is COCCOc1cc2ncnc(Nc3cccc(-c4cn(CCOCCOCCOCCNC(=O)Cn5c(C)c(COC(=O)N(C)CCN(C)C(=O)Oc6ccc7[nH]c8c(c7c6)CCN6C(=O)c7ccccc7N(C)[C@H]86)c6c5C(=O)C=C(OC)C6=O)nn4)c3)c2cc1OCCOC. The Hall–Kier alpha value is -10.5. The van der Waals surface area contributed by atoms with Gasteiger partial charge in [-0.2, -0.15) is 0 Å². The zero-order valence-corrected chi connectivity index (χ0v) is 55.0. The summed E-state index contributed by atoms with van der Waals surface area (Å²) in [7, 11) is 9.50. The van der Waals surface area contributed by atoms with Crippen LogP contribution in [-0.2, 0) is 64.1 Å². The summed E-state index contributed by atoms with van der Waals surface area (Å²) in [5.74, 6) is 0.133. The predicted octanol–water partition coefficient (Wildman–Crippen LogP) is 6.90. The number of fused-ring (bicyclic) bond motifs is 8. The molecule has 0 radical (unpaired) electrons. The van der Waals surface area contributed by atoms with E-state index in [2.05, 4.69) is 40.8 Å². The second kappa shape index (κ2) is 31.4. The third-order valence-electron chi connectivity index (χ3n) is 16.8.